The Morgan fingerprint density at radius 3 is 2.57 bits per heavy atom. The number of aromatic nitrogens is 3. The van der Waals surface area contributed by atoms with E-state index in [-0.39, 0.29) is 12.1 Å². The van der Waals surface area contributed by atoms with Crippen LogP contribution in [-0.4, -0.2) is 37.8 Å². The summed E-state index contributed by atoms with van der Waals surface area (Å²) in [7, 11) is 0. The normalized spacial score (nSPS) is 12.6. The number of carbonyl (C=O) groups excluding carboxylic acids is 1. The largest absolute Gasteiger partial charge is 0.417 e. The predicted octanol–water partition coefficient (Wildman–Crippen LogP) is 5.30. The number of rotatable bonds is 4. The Balaban J connectivity index is 1.84. The minimum absolute atomic E-state index is 0.0114. The second-order valence-electron chi connectivity index (χ2n) is 7.99. The lowest BCUT2D eigenvalue weighted by Crippen LogP contribution is -2.43. The van der Waals surface area contributed by atoms with Gasteiger partial charge in [0.15, 0.2) is 5.82 Å². The monoisotopic (exact) mass is 424 g/mol. The molecule has 4 rings (SSSR count). The summed E-state index contributed by atoms with van der Waals surface area (Å²) in [6.45, 7) is 7.89. The van der Waals surface area contributed by atoms with Crippen molar-refractivity contribution >= 4 is 17.7 Å². The van der Waals surface area contributed by atoms with E-state index in [1.54, 1.807) is 15.8 Å². The summed E-state index contributed by atoms with van der Waals surface area (Å²) >= 11 is 6.22. The number of benzene rings is 1. The fourth-order valence-corrected chi connectivity index (χ4v) is 4.29. The number of ether oxygens (including phenoxy) is 1. The molecule has 3 aromatic rings. The molecule has 1 aromatic carbocycles. The van der Waals surface area contributed by atoms with Crippen LogP contribution in [0.1, 0.15) is 39.0 Å². The van der Waals surface area contributed by atoms with E-state index in [4.69, 9.17) is 16.3 Å². The van der Waals surface area contributed by atoms with Crippen LogP contribution in [0.15, 0.2) is 42.6 Å². The van der Waals surface area contributed by atoms with E-state index in [0.29, 0.717) is 16.7 Å². The number of hydrogen-bond acceptors (Lipinski definition) is 4. The van der Waals surface area contributed by atoms with E-state index in [1.165, 1.54) is 0 Å². The van der Waals surface area contributed by atoms with Gasteiger partial charge in [0.2, 0.25) is 0 Å². The molecule has 0 spiro atoms. The minimum atomic E-state index is -0.408. The molecule has 2 heterocycles. The van der Waals surface area contributed by atoms with Crippen LogP contribution in [0.25, 0.3) is 16.9 Å². The average molecular weight is 425 g/mol. The molecule has 0 bridgehead atoms. The van der Waals surface area contributed by atoms with E-state index in [0.717, 1.165) is 35.2 Å². The maximum atomic E-state index is 13.0. The Morgan fingerprint density at radius 2 is 1.90 bits per heavy atom. The molecular formula is C23H25ClN4O2. The standard InChI is InChI=1S/C23H25ClN4O2/c1-14(2)27(15(3)4)23(29)30-22-21-18-10-9-17(24)13-16(18)8-11-19(21)28(26-22)20-7-5-6-12-25-20/h5-7,9-10,12-15H,8,11H2,1-4H3. The summed E-state index contributed by atoms with van der Waals surface area (Å²) in [5.41, 5.74) is 3.93. The highest BCUT2D eigenvalue weighted by Crippen LogP contribution is 2.41. The molecule has 0 fully saturated rings. The number of fused-ring (bicyclic) bond motifs is 3. The zero-order valence-corrected chi connectivity index (χ0v) is 18.3. The number of hydrogen-bond donors (Lipinski definition) is 0. The number of carbonyl (C=O) groups is 1. The van der Waals surface area contributed by atoms with Gasteiger partial charge < -0.3 is 9.64 Å². The fourth-order valence-electron chi connectivity index (χ4n) is 4.09. The van der Waals surface area contributed by atoms with Crippen LogP contribution >= 0.6 is 11.6 Å². The summed E-state index contributed by atoms with van der Waals surface area (Å²) in [4.78, 5) is 19.2. The smallest absolute Gasteiger partial charge is 0.389 e. The van der Waals surface area contributed by atoms with Gasteiger partial charge in [-0.3, -0.25) is 0 Å². The van der Waals surface area contributed by atoms with Gasteiger partial charge in [0, 0.05) is 23.3 Å². The number of nitrogens with zero attached hydrogens (tertiary/aromatic N) is 4. The van der Waals surface area contributed by atoms with E-state index >= 15 is 0 Å². The molecule has 0 aliphatic heterocycles. The highest BCUT2D eigenvalue weighted by atomic mass is 35.5. The highest BCUT2D eigenvalue weighted by Gasteiger charge is 2.31. The third-order valence-electron chi connectivity index (χ3n) is 5.29. The molecule has 1 aliphatic rings. The van der Waals surface area contributed by atoms with Crippen molar-refractivity contribution in [1.82, 2.24) is 19.7 Å². The first-order valence-electron chi connectivity index (χ1n) is 10.2. The molecule has 0 saturated heterocycles. The van der Waals surface area contributed by atoms with E-state index in [2.05, 4.69) is 10.1 Å². The van der Waals surface area contributed by atoms with E-state index < -0.39 is 6.09 Å². The summed E-state index contributed by atoms with van der Waals surface area (Å²) < 4.78 is 7.66. The summed E-state index contributed by atoms with van der Waals surface area (Å²) in [6.07, 6.45) is 2.90. The lowest BCUT2D eigenvalue weighted by molar-refractivity contribution is 0.121. The van der Waals surface area contributed by atoms with Crippen LogP contribution < -0.4 is 4.74 Å². The van der Waals surface area contributed by atoms with Crippen molar-refractivity contribution in [2.45, 2.75) is 52.6 Å². The average Bonchev–Trinajstić information content (AvgIpc) is 3.06. The first-order chi connectivity index (χ1) is 14.4. The van der Waals surface area contributed by atoms with E-state index in [9.17, 15) is 4.79 Å². The van der Waals surface area contributed by atoms with Gasteiger partial charge in [-0.25, -0.2) is 14.5 Å². The van der Waals surface area contributed by atoms with Crippen LogP contribution in [0.5, 0.6) is 5.88 Å². The van der Waals surface area contributed by atoms with Gasteiger partial charge in [0.1, 0.15) is 0 Å². The maximum absolute atomic E-state index is 13.0. The molecule has 156 valence electrons. The zero-order chi connectivity index (χ0) is 21.4. The third kappa shape index (κ3) is 3.67. The molecule has 0 atom stereocenters. The van der Waals surface area contributed by atoms with Gasteiger partial charge in [-0.1, -0.05) is 23.7 Å². The zero-order valence-electron chi connectivity index (χ0n) is 17.6. The van der Waals surface area contributed by atoms with Crippen molar-refractivity contribution in [3.05, 3.63) is 58.9 Å². The minimum Gasteiger partial charge on any atom is -0.389 e. The van der Waals surface area contributed by atoms with Crippen LogP contribution in [0.3, 0.4) is 0 Å². The quantitative estimate of drug-likeness (QED) is 0.569. The van der Waals surface area contributed by atoms with Gasteiger partial charge in [-0.05, 0) is 75.9 Å². The van der Waals surface area contributed by atoms with E-state index in [1.807, 2.05) is 64.1 Å². The van der Waals surface area contributed by atoms with Crippen LogP contribution in [0.4, 0.5) is 4.79 Å². The molecule has 2 aromatic heterocycles. The predicted molar refractivity (Wildman–Crippen MR) is 117 cm³/mol. The van der Waals surface area contributed by atoms with Crippen molar-refractivity contribution in [1.29, 1.82) is 0 Å². The molecule has 7 heteroatoms. The second kappa shape index (κ2) is 8.11. The molecule has 1 amide bonds. The number of pyridine rings is 1. The third-order valence-corrected chi connectivity index (χ3v) is 5.53. The first kappa shape index (κ1) is 20.4. The molecule has 0 N–H and O–H groups in total. The Labute approximate surface area is 181 Å². The summed E-state index contributed by atoms with van der Waals surface area (Å²) in [5, 5.41) is 5.37. The second-order valence-corrected chi connectivity index (χ2v) is 8.43. The first-order valence-corrected chi connectivity index (χ1v) is 10.6. The highest BCUT2D eigenvalue weighted by molar-refractivity contribution is 6.30. The van der Waals surface area contributed by atoms with Gasteiger partial charge in [0.25, 0.3) is 5.88 Å². The number of aryl methyl sites for hydroxylation is 1. The Morgan fingerprint density at radius 1 is 1.13 bits per heavy atom. The molecular weight excluding hydrogens is 400 g/mol. The Bertz CT molecular complexity index is 1070. The van der Waals surface area contributed by atoms with Crippen molar-refractivity contribution in [2.75, 3.05) is 0 Å². The van der Waals surface area contributed by atoms with Gasteiger partial charge >= 0.3 is 6.09 Å². The molecule has 30 heavy (non-hydrogen) atoms. The molecule has 0 unspecified atom stereocenters. The van der Waals surface area contributed by atoms with Crippen molar-refractivity contribution in [2.24, 2.45) is 0 Å². The Kier molecular flexibility index (Phi) is 5.52. The SMILES string of the molecule is CC(C)N(C(=O)Oc1nn(-c2ccccn2)c2c1-c1ccc(Cl)cc1CC2)C(C)C. The summed E-state index contributed by atoms with van der Waals surface area (Å²) in [6, 6.07) is 11.5. The molecule has 0 radical (unpaired) electrons. The number of amides is 1. The molecule has 1 aliphatic carbocycles. The molecule has 0 saturated carbocycles. The van der Waals surface area contributed by atoms with Gasteiger partial charge in [0.05, 0.1) is 11.3 Å². The maximum Gasteiger partial charge on any atom is 0.417 e. The topological polar surface area (TPSA) is 60.3 Å². The van der Waals surface area contributed by atoms with Gasteiger partial charge in [-0.2, -0.15) is 0 Å². The van der Waals surface area contributed by atoms with Crippen molar-refractivity contribution in [3.63, 3.8) is 0 Å². The lowest BCUT2D eigenvalue weighted by Gasteiger charge is -2.29. The fraction of sp³-hybridized carbons (Fsp3) is 0.348. The summed E-state index contributed by atoms with van der Waals surface area (Å²) in [5.74, 6) is 0.994. The lowest BCUT2D eigenvalue weighted by atomic mass is 9.89. The number of halogens is 1. The van der Waals surface area contributed by atoms with Crippen molar-refractivity contribution < 1.29 is 9.53 Å². The van der Waals surface area contributed by atoms with Crippen LogP contribution in [0.2, 0.25) is 5.02 Å². The molecule has 6 nitrogen and oxygen atoms in total. The Hall–Kier alpha value is -2.86. The van der Waals surface area contributed by atoms with Gasteiger partial charge in [-0.15, -0.1) is 5.10 Å². The van der Waals surface area contributed by atoms with Crippen molar-refractivity contribution in [3.8, 4) is 22.8 Å². The van der Waals surface area contributed by atoms with Crippen LogP contribution in [-0.2, 0) is 12.8 Å². The van der Waals surface area contributed by atoms with Crippen LogP contribution in [0, 0.1) is 0 Å².